The quantitative estimate of drug-likeness (QED) is 0.165. The minimum absolute atomic E-state index is 0. The number of unbranched alkanes of at least 4 members (excludes halogenated alkanes) is 11. The summed E-state index contributed by atoms with van der Waals surface area (Å²) in [7, 11) is 0. The summed E-state index contributed by atoms with van der Waals surface area (Å²) in [5.41, 5.74) is 2.45. The normalized spacial score (nSPS) is 12.7. The molecule has 0 spiro atoms. The van der Waals surface area contributed by atoms with E-state index in [1.54, 1.807) is 18.2 Å². The van der Waals surface area contributed by atoms with E-state index in [-0.39, 0.29) is 22.9 Å². The number of nitrogens with one attached hydrogen (secondary N) is 1. The largest absolute Gasteiger partial charge is 0.493 e. The fraction of sp³-hybridized carbons (Fsp3) is 0.531. The monoisotopic (exact) mass is 636 g/mol. The fourth-order valence-electron chi connectivity index (χ4n) is 4.72. The average Bonchev–Trinajstić information content (AvgIpc) is 3.31. The van der Waals surface area contributed by atoms with Crippen LogP contribution in [0.3, 0.4) is 0 Å². The molecule has 2 aromatic carbocycles. The number of hydrogen-bond donors (Lipinski definition) is 1. The second kappa shape index (κ2) is 19.4. The van der Waals surface area contributed by atoms with E-state index in [0.29, 0.717) is 22.9 Å². The average molecular weight is 638 g/mol. The van der Waals surface area contributed by atoms with E-state index < -0.39 is 0 Å². The first-order valence-electron chi connectivity index (χ1n) is 14.4. The number of carbonyl (C=O) groups excluding carboxylic acids is 1. The van der Waals surface area contributed by atoms with Crippen molar-refractivity contribution in [2.75, 3.05) is 17.8 Å². The van der Waals surface area contributed by atoms with Gasteiger partial charge in [-0.05, 0) is 54.1 Å². The third-order valence-corrected chi connectivity index (χ3v) is 8.09. The Morgan fingerprint density at radius 1 is 0.949 bits per heavy atom. The number of carbonyl (C=O) groups is 1. The van der Waals surface area contributed by atoms with Crippen molar-refractivity contribution in [2.45, 2.75) is 97.4 Å². The maximum atomic E-state index is 13.1. The first kappa shape index (κ1) is 33.6. The number of anilines is 1. The third kappa shape index (κ3) is 13.1. The van der Waals surface area contributed by atoms with E-state index in [4.69, 9.17) is 16.3 Å². The molecule has 1 aliphatic heterocycles. The zero-order valence-electron chi connectivity index (χ0n) is 23.7. The molecule has 0 saturated carbocycles. The standard InChI is InChI=1S/C32H45ClN2O2S.BrH/c1-3-4-5-6-7-8-9-10-11-12-13-14-20-37-31-22-28(33)18-19-30(31)32(36)34-29-17-15-16-27(21-29)24-35-23-26(2)38-25-35;/h15-19,21-23H,3-14,20,24-25H2,1-2H3,(H,34,36);1H. The predicted molar refractivity (Wildman–Crippen MR) is 175 cm³/mol. The Morgan fingerprint density at radius 2 is 1.62 bits per heavy atom. The zero-order valence-corrected chi connectivity index (χ0v) is 27.0. The van der Waals surface area contributed by atoms with Gasteiger partial charge in [-0.15, -0.1) is 28.7 Å². The van der Waals surface area contributed by atoms with Gasteiger partial charge in [0.25, 0.3) is 5.91 Å². The molecule has 0 unspecified atom stereocenters. The Bertz CT molecular complexity index is 1030. The number of thioether (sulfide) groups is 1. The van der Waals surface area contributed by atoms with Crippen LogP contribution in [0.4, 0.5) is 5.69 Å². The summed E-state index contributed by atoms with van der Waals surface area (Å²) >= 11 is 8.08. The summed E-state index contributed by atoms with van der Waals surface area (Å²) in [5.74, 6) is 1.33. The van der Waals surface area contributed by atoms with Crippen molar-refractivity contribution < 1.29 is 9.53 Å². The Morgan fingerprint density at radius 3 is 2.26 bits per heavy atom. The van der Waals surface area contributed by atoms with Crippen LogP contribution in [0, 0.1) is 0 Å². The molecule has 0 fully saturated rings. The highest BCUT2D eigenvalue weighted by Gasteiger charge is 2.15. The van der Waals surface area contributed by atoms with Crippen LogP contribution in [0.1, 0.15) is 107 Å². The van der Waals surface area contributed by atoms with Crippen LogP contribution < -0.4 is 10.1 Å². The van der Waals surface area contributed by atoms with Gasteiger partial charge in [0, 0.05) is 23.5 Å². The summed E-state index contributed by atoms with van der Waals surface area (Å²) in [4.78, 5) is 16.7. The van der Waals surface area contributed by atoms with Crippen molar-refractivity contribution in [2.24, 2.45) is 0 Å². The molecule has 39 heavy (non-hydrogen) atoms. The van der Waals surface area contributed by atoms with Crippen LogP contribution in [0.15, 0.2) is 53.6 Å². The number of amides is 1. The summed E-state index contributed by atoms with van der Waals surface area (Å²) in [6, 6.07) is 13.3. The number of ether oxygens (including phenoxy) is 1. The second-order valence-electron chi connectivity index (χ2n) is 10.3. The van der Waals surface area contributed by atoms with Crippen LogP contribution in [0.2, 0.25) is 5.02 Å². The number of nitrogens with zero attached hydrogens (tertiary/aromatic N) is 1. The van der Waals surface area contributed by atoms with Gasteiger partial charge >= 0.3 is 0 Å². The summed E-state index contributed by atoms with van der Waals surface area (Å²) in [6.07, 6.45) is 17.8. The highest BCUT2D eigenvalue weighted by Crippen LogP contribution is 2.27. The van der Waals surface area contributed by atoms with E-state index in [1.807, 2.05) is 30.0 Å². The summed E-state index contributed by atoms with van der Waals surface area (Å²) in [5, 5.41) is 3.61. The fourth-order valence-corrected chi connectivity index (χ4v) is 5.64. The van der Waals surface area contributed by atoms with Gasteiger partial charge < -0.3 is 15.0 Å². The Kier molecular flexibility index (Phi) is 16.7. The van der Waals surface area contributed by atoms with E-state index >= 15 is 0 Å². The number of halogens is 2. The molecule has 1 N–H and O–H groups in total. The van der Waals surface area contributed by atoms with Crippen LogP contribution in [-0.2, 0) is 6.54 Å². The van der Waals surface area contributed by atoms with Crippen molar-refractivity contribution in [3.05, 3.63) is 69.7 Å². The third-order valence-electron chi connectivity index (χ3n) is 6.84. The Hall–Kier alpha value is -1.63. The maximum absolute atomic E-state index is 13.1. The molecule has 0 saturated heterocycles. The first-order chi connectivity index (χ1) is 18.5. The molecule has 1 aliphatic rings. The molecule has 3 rings (SSSR count). The molecule has 1 heterocycles. The predicted octanol–water partition coefficient (Wildman–Crippen LogP) is 10.6. The Balaban J connectivity index is 0.00000533. The SMILES string of the molecule is Br.CCCCCCCCCCCCCCOc1cc(Cl)ccc1C(=O)Nc1cccc(CN2C=C(C)SC2)c1. The van der Waals surface area contributed by atoms with Crippen molar-refractivity contribution in [1.29, 1.82) is 0 Å². The van der Waals surface area contributed by atoms with Gasteiger partial charge in [-0.2, -0.15) is 0 Å². The lowest BCUT2D eigenvalue weighted by Gasteiger charge is -2.16. The van der Waals surface area contributed by atoms with Gasteiger partial charge in [0.05, 0.1) is 18.0 Å². The molecule has 0 radical (unpaired) electrons. The van der Waals surface area contributed by atoms with E-state index in [0.717, 1.165) is 36.5 Å². The minimum Gasteiger partial charge on any atom is -0.493 e. The molecule has 7 heteroatoms. The molecule has 0 aliphatic carbocycles. The van der Waals surface area contributed by atoms with Crippen LogP contribution in [0.25, 0.3) is 0 Å². The number of rotatable bonds is 18. The molecule has 0 bridgehead atoms. The van der Waals surface area contributed by atoms with Crippen LogP contribution >= 0.6 is 40.3 Å². The van der Waals surface area contributed by atoms with Gasteiger partial charge in [0.2, 0.25) is 0 Å². The topological polar surface area (TPSA) is 41.6 Å². The number of hydrogen-bond acceptors (Lipinski definition) is 4. The van der Waals surface area contributed by atoms with Crippen molar-refractivity contribution in [1.82, 2.24) is 4.90 Å². The van der Waals surface area contributed by atoms with Crippen molar-refractivity contribution >= 4 is 51.9 Å². The smallest absolute Gasteiger partial charge is 0.259 e. The van der Waals surface area contributed by atoms with Gasteiger partial charge in [-0.3, -0.25) is 4.79 Å². The highest BCUT2D eigenvalue weighted by atomic mass is 79.9. The summed E-state index contributed by atoms with van der Waals surface area (Å²) in [6.45, 7) is 5.81. The molecule has 0 atom stereocenters. The van der Waals surface area contributed by atoms with Crippen molar-refractivity contribution in [3.8, 4) is 5.75 Å². The molecular weight excluding hydrogens is 592 g/mol. The van der Waals surface area contributed by atoms with Crippen LogP contribution in [0.5, 0.6) is 5.75 Å². The first-order valence-corrected chi connectivity index (χ1v) is 15.8. The number of allylic oxidation sites excluding steroid dienone is 1. The molecule has 1 amide bonds. The Labute approximate surface area is 256 Å². The van der Waals surface area contributed by atoms with Crippen LogP contribution in [-0.4, -0.2) is 23.3 Å². The lowest BCUT2D eigenvalue weighted by Crippen LogP contribution is -2.15. The van der Waals surface area contributed by atoms with E-state index in [2.05, 4.69) is 36.3 Å². The lowest BCUT2D eigenvalue weighted by atomic mass is 10.1. The molecule has 4 nitrogen and oxygen atoms in total. The molecular formula is C32H46BrClN2O2S. The van der Waals surface area contributed by atoms with Gasteiger partial charge in [-0.25, -0.2) is 0 Å². The van der Waals surface area contributed by atoms with Gasteiger partial charge in [0.1, 0.15) is 5.75 Å². The van der Waals surface area contributed by atoms with Gasteiger partial charge in [0.15, 0.2) is 0 Å². The minimum atomic E-state index is -0.184. The lowest BCUT2D eigenvalue weighted by molar-refractivity contribution is 0.102. The van der Waals surface area contributed by atoms with Crippen molar-refractivity contribution in [3.63, 3.8) is 0 Å². The van der Waals surface area contributed by atoms with E-state index in [1.165, 1.54) is 69.1 Å². The molecule has 2 aromatic rings. The highest BCUT2D eigenvalue weighted by molar-refractivity contribution is 8.93. The van der Waals surface area contributed by atoms with E-state index in [9.17, 15) is 4.79 Å². The zero-order chi connectivity index (χ0) is 27.0. The summed E-state index contributed by atoms with van der Waals surface area (Å²) < 4.78 is 6.03. The molecule has 216 valence electrons. The number of benzene rings is 2. The molecule has 0 aromatic heterocycles. The second-order valence-corrected chi connectivity index (χ2v) is 11.9. The maximum Gasteiger partial charge on any atom is 0.259 e. The van der Waals surface area contributed by atoms with Gasteiger partial charge in [-0.1, -0.05) is 101 Å².